The van der Waals surface area contributed by atoms with E-state index in [0.29, 0.717) is 0 Å². The molecule has 0 aromatic heterocycles. The van der Waals surface area contributed by atoms with Crippen LogP contribution in [0.15, 0.2) is 121 Å². The number of hydrogen-bond acceptors (Lipinski definition) is 0. The molecule has 0 bridgehead atoms. The van der Waals surface area contributed by atoms with Crippen molar-refractivity contribution in [2.24, 2.45) is 0 Å². The van der Waals surface area contributed by atoms with Crippen LogP contribution in [0.25, 0.3) is 44.5 Å². The molecule has 0 saturated heterocycles. The van der Waals surface area contributed by atoms with Crippen LogP contribution in [0.3, 0.4) is 0 Å². The van der Waals surface area contributed by atoms with Gasteiger partial charge in [-0.25, -0.2) is 0 Å². The number of rotatable bonds is 5. The standard InChI is InChI=1S/2C17H13.C2H7Si.2ClH.Zr/c2*1-13-11-15-9-5-6-10-16(17(15)12-13)14-7-3-2-4-8-14;1-3-2;;;/h2*2-10,12H,1H3;3H,1-2H3;2*1H;/q;;;;;+2/p-2. The molecule has 0 amide bonds. The summed E-state index contributed by atoms with van der Waals surface area (Å²) < 4.78 is 3.45. The van der Waals surface area contributed by atoms with Crippen molar-refractivity contribution < 1.29 is 45.7 Å². The van der Waals surface area contributed by atoms with Crippen molar-refractivity contribution in [3.05, 3.63) is 132 Å². The number of fused-ring (bicyclic) bond motifs is 2. The molecule has 40 heavy (non-hydrogen) atoms. The molecule has 0 atom stereocenters. The fourth-order valence-corrected chi connectivity index (χ4v) is 25.9. The van der Waals surface area contributed by atoms with Crippen LogP contribution >= 0.6 is 0 Å². The first kappa shape index (κ1) is 30.5. The van der Waals surface area contributed by atoms with Crippen LogP contribution in [0.2, 0.25) is 13.1 Å². The Morgan fingerprint density at radius 3 is 1.10 bits per heavy atom. The minimum Gasteiger partial charge on any atom is -1.00 e. The van der Waals surface area contributed by atoms with E-state index in [0.717, 1.165) is 0 Å². The predicted octanol–water partition coefficient (Wildman–Crippen LogP) is 2.41. The molecule has 4 heteroatoms. The maximum atomic E-state index is 2.60. The maximum absolute atomic E-state index is 2.60. The van der Waals surface area contributed by atoms with Crippen LogP contribution in [0.4, 0.5) is 0 Å². The summed E-state index contributed by atoms with van der Waals surface area (Å²) in [5.74, 6) is -0.974. The van der Waals surface area contributed by atoms with Crippen molar-refractivity contribution in [1.29, 1.82) is 0 Å². The normalized spacial score (nSPS) is 10.8. The zero-order chi connectivity index (χ0) is 26.2. The van der Waals surface area contributed by atoms with E-state index in [2.05, 4.69) is 148 Å². The Kier molecular flexibility index (Phi) is 9.91. The molecule has 0 N–H and O–H groups in total. The number of benzene rings is 2. The van der Waals surface area contributed by atoms with E-state index in [-0.39, 0.29) is 24.8 Å². The average Bonchev–Trinajstić information content (AvgIpc) is 3.21. The summed E-state index contributed by atoms with van der Waals surface area (Å²) >= 11 is -2.25. The van der Waals surface area contributed by atoms with E-state index in [1.807, 2.05) is 0 Å². The summed E-state index contributed by atoms with van der Waals surface area (Å²) in [6.07, 6.45) is 0. The van der Waals surface area contributed by atoms with E-state index >= 15 is 0 Å². The van der Waals surface area contributed by atoms with Crippen LogP contribution in [-0.4, -0.2) is 5.92 Å². The third kappa shape index (κ3) is 5.53. The Hall–Kier alpha value is -2.48. The summed E-state index contributed by atoms with van der Waals surface area (Å²) in [5, 5.41) is 0. The SMILES string of the molecule is Cc1cc2c(-c3ccccc3)ccccc-2[c]1[Zr+2]([c]1c(C)cc2c(-c3ccccc3)ccccc1-2)[SiH](C)C.[Cl-].[Cl-]. The number of aryl methyl sites for hydroxylation is 2. The Morgan fingerprint density at radius 1 is 0.425 bits per heavy atom. The Balaban J connectivity index is 0.00000185. The van der Waals surface area contributed by atoms with Gasteiger partial charge in [0, 0.05) is 0 Å². The van der Waals surface area contributed by atoms with Gasteiger partial charge in [0.15, 0.2) is 0 Å². The van der Waals surface area contributed by atoms with E-state index in [4.69, 9.17) is 0 Å². The Labute approximate surface area is 260 Å². The fraction of sp³-hybridized carbons (Fsp3) is 0.111. The van der Waals surface area contributed by atoms with Crippen LogP contribution in [-0.2, 0) is 20.9 Å². The smallest absolute Gasteiger partial charge is 1.00 e. The summed E-state index contributed by atoms with van der Waals surface area (Å²) in [7, 11) is 0. The van der Waals surface area contributed by atoms with Crippen molar-refractivity contribution in [2.75, 3.05) is 0 Å². The monoisotopic (exact) mass is 653 g/mol. The van der Waals surface area contributed by atoms with Crippen molar-refractivity contribution in [3.63, 3.8) is 0 Å². The quantitative estimate of drug-likeness (QED) is 0.251. The first-order chi connectivity index (χ1) is 18.5. The predicted molar refractivity (Wildman–Crippen MR) is 165 cm³/mol. The molecule has 0 saturated carbocycles. The van der Waals surface area contributed by atoms with Crippen LogP contribution in [0, 0.1) is 13.8 Å². The second-order valence-corrected chi connectivity index (χ2v) is 29.4. The van der Waals surface area contributed by atoms with Gasteiger partial charge in [0.2, 0.25) is 0 Å². The van der Waals surface area contributed by atoms with Gasteiger partial charge in [0.1, 0.15) is 0 Å². The largest absolute Gasteiger partial charge is 1.00 e. The Bertz CT molecular complexity index is 1540. The fourth-order valence-electron chi connectivity index (χ4n) is 6.16. The van der Waals surface area contributed by atoms with Gasteiger partial charge >= 0.3 is 237 Å². The second-order valence-electron chi connectivity index (χ2n) is 10.6. The van der Waals surface area contributed by atoms with Crippen LogP contribution < -0.4 is 31.4 Å². The zero-order valence-corrected chi connectivity index (χ0v) is 28.5. The molecule has 0 aliphatic heterocycles. The zero-order valence-electron chi connectivity index (χ0n) is 23.4. The molecule has 0 spiro atoms. The molecule has 2 aromatic carbocycles. The summed E-state index contributed by atoms with van der Waals surface area (Å²) in [4.78, 5) is 0. The molecule has 0 fully saturated rings. The van der Waals surface area contributed by atoms with Crippen molar-refractivity contribution in [3.8, 4) is 44.5 Å². The molecule has 199 valence electrons. The first-order valence-electron chi connectivity index (χ1n) is 13.6. The minimum atomic E-state index is -2.25. The van der Waals surface area contributed by atoms with Crippen LogP contribution in [0.5, 0.6) is 0 Å². The van der Waals surface area contributed by atoms with Gasteiger partial charge in [-0.3, -0.25) is 0 Å². The summed E-state index contributed by atoms with van der Waals surface area (Å²) in [6, 6.07) is 45.1. The van der Waals surface area contributed by atoms with Gasteiger partial charge in [-0.2, -0.15) is 0 Å². The van der Waals surface area contributed by atoms with Crippen molar-refractivity contribution >= 4 is 12.5 Å². The molecular formula is C36H33Cl2SiZr. The van der Waals surface area contributed by atoms with E-state index in [1.165, 1.54) is 55.6 Å². The van der Waals surface area contributed by atoms with E-state index < -0.39 is 26.8 Å². The average molecular weight is 656 g/mol. The van der Waals surface area contributed by atoms with E-state index in [9.17, 15) is 0 Å². The summed E-state index contributed by atoms with van der Waals surface area (Å²) in [5.41, 5.74) is 14.1. The minimum absolute atomic E-state index is 0. The molecule has 6 rings (SSSR count). The topological polar surface area (TPSA) is 0 Å². The molecule has 0 nitrogen and oxygen atoms in total. The van der Waals surface area contributed by atoms with Gasteiger partial charge in [-0.05, 0) is 0 Å². The molecule has 0 unspecified atom stereocenters. The molecule has 0 radical (unpaired) electrons. The molecule has 0 heterocycles. The summed E-state index contributed by atoms with van der Waals surface area (Å²) in [6.45, 7) is 9.95. The third-order valence-electron chi connectivity index (χ3n) is 7.77. The van der Waals surface area contributed by atoms with Gasteiger partial charge in [0.05, 0.1) is 0 Å². The molecule has 4 aliphatic carbocycles. The van der Waals surface area contributed by atoms with Gasteiger partial charge in [-0.15, -0.1) is 0 Å². The number of halogens is 2. The van der Waals surface area contributed by atoms with Gasteiger partial charge in [0.25, 0.3) is 0 Å². The van der Waals surface area contributed by atoms with Crippen molar-refractivity contribution in [2.45, 2.75) is 26.9 Å². The molecule has 4 aliphatic rings. The Morgan fingerprint density at radius 2 is 0.750 bits per heavy atom. The number of hydrogen-bond donors (Lipinski definition) is 0. The third-order valence-corrected chi connectivity index (χ3v) is 26.8. The van der Waals surface area contributed by atoms with Gasteiger partial charge < -0.3 is 24.8 Å². The van der Waals surface area contributed by atoms with E-state index in [1.54, 1.807) is 6.54 Å². The van der Waals surface area contributed by atoms with Crippen molar-refractivity contribution in [1.82, 2.24) is 0 Å². The van der Waals surface area contributed by atoms with Crippen LogP contribution in [0.1, 0.15) is 11.1 Å². The molecular weight excluding hydrogens is 623 g/mol. The second kappa shape index (κ2) is 13.0. The molecule has 2 aromatic rings. The first-order valence-corrected chi connectivity index (χ1v) is 23.2. The van der Waals surface area contributed by atoms with Gasteiger partial charge in [-0.1, -0.05) is 0 Å². The maximum Gasteiger partial charge on any atom is -1.00 e.